The third-order valence-electron chi connectivity index (χ3n) is 3.00. The van der Waals surface area contributed by atoms with Gasteiger partial charge in [0.15, 0.2) is 0 Å². The van der Waals surface area contributed by atoms with Gasteiger partial charge in [0.05, 0.1) is 0 Å². The zero-order chi connectivity index (χ0) is 15.8. The molecule has 1 aromatic heterocycles. The maximum atomic E-state index is 14.5. The van der Waals surface area contributed by atoms with E-state index in [1.807, 2.05) is 0 Å². The van der Waals surface area contributed by atoms with Gasteiger partial charge in [-0.05, 0) is 22.5 Å². The molecule has 0 unspecified atom stereocenters. The lowest BCUT2D eigenvalue weighted by Crippen LogP contribution is -2.34. The lowest BCUT2D eigenvalue weighted by atomic mass is 10.1. The quantitative estimate of drug-likeness (QED) is 0.832. The van der Waals surface area contributed by atoms with Crippen LogP contribution in [0.5, 0.6) is 0 Å². The zero-order valence-corrected chi connectivity index (χ0v) is 13.2. The van der Waals surface area contributed by atoms with Crippen molar-refractivity contribution in [3.63, 3.8) is 0 Å². The average Bonchev–Trinajstić information content (AvgIpc) is 2.63. The van der Waals surface area contributed by atoms with E-state index in [9.17, 15) is 18.5 Å². The van der Waals surface area contributed by atoms with Crippen LogP contribution < -0.4 is 11.2 Å². The average molecular weight is 361 g/mol. The largest absolute Gasteiger partial charge is 0.380 e. The van der Waals surface area contributed by atoms with Gasteiger partial charge in [-0.25, -0.2) is 9.18 Å². The fraction of sp³-hybridized carbons (Fsp3) is 0.600. The molecule has 0 aromatic carbocycles. The Kier molecular flexibility index (Phi) is 4.66. The Balaban J connectivity index is 2.19. The highest BCUT2D eigenvalue weighted by Gasteiger charge is 2.47. The van der Waals surface area contributed by atoms with E-state index in [4.69, 9.17) is 27.2 Å². The molecule has 0 bridgehead atoms. The van der Waals surface area contributed by atoms with Gasteiger partial charge in [-0.3, -0.25) is 18.9 Å². The lowest BCUT2D eigenvalue weighted by molar-refractivity contribution is -0.173. The summed E-state index contributed by atoms with van der Waals surface area (Å²) in [6.07, 6.45) is -3.72. The maximum absolute atomic E-state index is 14.5. The Bertz CT molecular complexity index is 689. The molecule has 1 saturated heterocycles. The molecule has 7 nitrogen and oxygen atoms in total. The summed E-state index contributed by atoms with van der Waals surface area (Å²) < 4.78 is 36.3. The number of hydrogen-bond acceptors (Lipinski definition) is 5. The molecule has 2 heterocycles. The molecule has 1 aliphatic rings. The number of alkyl halides is 1. The van der Waals surface area contributed by atoms with Crippen LogP contribution >= 0.6 is 28.6 Å². The number of aromatic nitrogens is 2. The van der Waals surface area contributed by atoms with Crippen LogP contribution in [0.3, 0.4) is 0 Å². The molecule has 1 aliphatic heterocycles. The first-order chi connectivity index (χ1) is 9.60. The standard InChI is InChI=1S/C10H12Cl2FN2O5P/c1-6-4-10(13,5-19-21(11,12)18)20-8(6)15-3-2-7(16)14-9(15)17/h2-3,6,8H,4-5H2,1H3,(H,14,16,17)/t6-,8+,10-/m0/s1. The minimum atomic E-state index is -3.88. The highest BCUT2D eigenvalue weighted by Crippen LogP contribution is 2.58. The van der Waals surface area contributed by atoms with Crippen molar-refractivity contribution in [2.45, 2.75) is 25.4 Å². The van der Waals surface area contributed by atoms with Gasteiger partial charge in [0.1, 0.15) is 12.8 Å². The van der Waals surface area contributed by atoms with Crippen molar-refractivity contribution >= 4 is 28.6 Å². The van der Waals surface area contributed by atoms with Gasteiger partial charge in [0, 0.05) is 24.6 Å². The van der Waals surface area contributed by atoms with Gasteiger partial charge in [-0.2, -0.15) is 0 Å². The second-order valence-electron chi connectivity index (χ2n) is 4.78. The zero-order valence-electron chi connectivity index (χ0n) is 10.8. The number of rotatable bonds is 4. The van der Waals surface area contributed by atoms with E-state index >= 15 is 0 Å². The Morgan fingerprint density at radius 3 is 2.86 bits per heavy atom. The van der Waals surface area contributed by atoms with Crippen molar-refractivity contribution in [1.82, 2.24) is 9.55 Å². The van der Waals surface area contributed by atoms with Crippen molar-refractivity contribution in [2.75, 3.05) is 6.61 Å². The summed E-state index contributed by atoms with van der Waals surface area (Å²) in [7, 11) is 0. The van der Waals surface area contributed by atoms with Gasteiger partial charge in [0.25, 0.3) is 5.56 Å². The van der Waals surface area contributed by atoms with Crippen LogP contribution in [0.2, 0.25) is 0 Å². The highest BCUT2D eigenvalue weighted by atomic mass is 35.9. The number of H-pyrrole nitrogens is 1. The minimum absolute atomic E-state index is 0.114. The summed E-state index contributed by atoms with van der Waals surface area (Å²) in [5.41, 5.74) is -1.29. The second-order valence-corrected chi connectivity index (χ2v) is 9.05. The smallest absolute Gasteiger partial charge is 0.319 e. The van der Waals surface area contributed by atoms with E-state index < -0.39 is 41.9 Å². The normalized spacial score (nSPS) is 29.7. The molecule has 1 fully saturated rings. The first kappa shape index (κ1) is 16.7. The van der Waals surface area contributed by atoms with E-state index in [2.05, 4.69) is 9.51 Å². The van der Waals surface area contributed by atoms with Crippen LogP contribution in [0, 0.1) is 5.92 Å². The van der Waals surface area contributed by atoms with Gasteiger partial charge in [0.2, 0.25) is 5.85 Å². The van der Waals surface area contributed by atoms with E-state index in [0.717, 1.165) is 10.6 Å². The summed E-state index contributed by atoms with van der Waals surface area (Å²) in [5.74, 6) is -2.67. The molecular formula is C10H12Cl2FN2O5P. The molecule has 3 atom stereocenters. The number of nitrogens with one attached hydrogen (secondary N) is 1. The molecular weight excluding hydrogens is 349 g/mol. The van der Waals surface area contributed by atoms with Gasteiger partial charge < -0.3 is 9.26 Å². The highest BCUT2D eigenvalue weighted by molar-refractivity contribution is 8.05. The van der Waals surface area contributed by atoms with Gasteiger partial charge in [-0.15, -0.1) is 0 Å². The molecule has 0 aliphatic carbocycles. The molecule has 11 heteroatoms. The number of ether oxygens (including phenoxy) is 1. The summed E-state index contributed by atoms with van der Waals surface area (Å²) in [4.78, 5) is 24.8. The van der Waals surface area contributed by atoms with E-state index in [-0.39, 0.29) is 6.42 Å². The first-order valence-corrected chi connectivity index (χ1v) is 9.35. The monoisotopic (exact) mass is 360 g/mol. The maximum Gasteiger partial charge on any atom is 0.380 e. The topological polar surface area (TPSA) is 90.4 Å². The number of halogens is 3. The van der Waals surface area contributed by atoms with Crippen molar-refractivity contribution in [3.05, 3.63) is 33.1 Å². The summed E-state index contributed by atoms with van der Waals surface area (Å²) >= 11 is 10.4. The van der Waals surface area contributed by atoms with Crippen LogP contribution in [0.1, 0.15) is 19.6 Å². The van der Waals surface area contributed by atoms with Crippen molar-refractivity contribution in [3.8, 4) is 0 Å². The summed E-state index contributed by atoms with van der Waals surface area (Å²) in [6.45, 7) is 0.931. The summed E-state index contributed by atoms with van der Waals surface area (Å²) in [5, 5.41) is 0. The van der Waals surface area contributed by atoms with Crippen LogP contribution in [0.15, 0.2) is 21.9 Å². The van der Waals surface area contributed by atoms with Crippen molar-refractivity contribution in [2.24, 2.45) is 5.92 Å². The van der Waals surface area contributed by atoms with Crippen LogP contribution in [-0.4, -0.2) is 22.0 Å². The molecule has 1 aromatic rings. The number of hydrogen-bond donors (Lipinski definition) is 1. The molecule has 0 radical (unpaired) electrons. The Labute approximate surface area is 128 Å². The van der Waals surface area contributed by atoms with Gasteiger partial charge in [-0.1, -0.05) is 6.92 Å². The molecule has 1 N–H and O–H groups in total. The Hall–Kier alpha value is -0.660. The fourth-order valence-electron chi connectivity index (χ4n) is 2.19. The molecule has 0 spiro atoms. The molecule has 118 valence electrons. The van der Waals surface area contributed by atoms with E-state index in [1.54, 1.807) is 6.92 Å². The fourth-order valence-corrected chi connectivity index (χ4v) is 2.82. The van der Waals surface area contributed by atoms with Crippen molar-refractivity contribution in [1.29, 1.82) is 0 Å². The minimum Gasteiger partial charge on any atom is -0.319 e. The third kappa shape index (κ3) is 4.17. The molecule has 21 heavy (non-hydrogen) atoms. The van der Waals surface area contributed by atoms with E-state index in [1.165, 1.54) is 6.20 Å². The van der Waals surface area contributed by atoms with Crippen molar-refractivity contribution < 1.29 is 18.2 Å². The van der Waals surface area contributed by atoms with Crippen LogP contribution in [-0.2, 0) is 13.8 Å². The van der Waals surface area contributed by atoms with E-state index in [0.29, 0.717) is 0 Å². The number of aromatic amines is 1. The predicted molar refractivity (Wildman–Crippen MR) is 74.3 cm³/mol. The Morgan fingerprint density at radius 2 is 2.29 bits per heavy atom. The predicted octanol–water partition coefficient (Wildman–Crippen LogP) is 2.36. The first-order valence-electron chi connectivity index (χ1n) is 5.92. The lowest BCUT2D eigenvalue weighted by Gasteiger charge is -2.21. The van der Waals surface area contributed by atoms with Crippen LogP contribution in [0.4, 0.5) is 4.39 Å². The van der Waals surface area contributed by atoms with Gasteiger partial charge >= 0.3 is 11.8 Å². The second kappa shape index (κ2) is 5.85. The van der Waals surface area contributed by atoms with Crippen LogP contribution in [0.25, 0.3) is 0 Å². The summed E-state index contributed by atoms with van der Waals surface area (Å²) in [6, 6.07) is 1.12. The SMILES string of the molecule is C[C@H]1C[C@@](F)(COP(=O)(Cl)Cl)O[C@H]1n1ccc(=O)[nH]c1=O. The Morgan fingerprint density at radius 1 is 1.62 bits per heavy atom. The number of nitrogens with zero attached hydrogens (tertiary/aromatic N) is 1. The molecule has 0 saturated carbocycles. The third-order valence-corrected chi connectivity index (χ3v) is 4.02. The molecule has 2 rings (SSSR count). The molecule has 0 amide bonds.